The van der Waals surface area contributed by atoms with Crippen LogP contribution in [0.25, 0.3) is 0 Å². The topological polar surface area (TPSA) is 74.7 Å². The molecule has 2 aromatic carbocycles. The Balaban J connectivity index is 2.19. The third-order valence-electron chi connectivity index (χ3n) is 4.10. The summed E-state index contributed by atoms with van der Waals surface area (Å²) in [5.41, 5.74) is 0.410. The fraction of sp³-hybridized carbons (Fsp3) is 0.167. The fourth-order valence-electron chi connectivity index (χ4n) is 3.00. The van der Waals surface area contributed by atoms with Gasteiger partial charge in [-0.05, 0) is 37.3 Å². The van der Waals surface area contributed by atoms with E-state index in [1.807, 2.05) is 0 Å². The highest BCUT2D eigenvalue weighted by atomic mass is 19.1. The van der Waals surface area contributed by atoms with Crippen LogP contribution in [-0.4, -0.2) is 22.6 Å². The number of carbonyl (C=O) groups is 3. The summed E-state index contributed by atoms with van der Waals surface area (Å²) in [5.74, 6) is -4.09. The lowest BCUT2D eigenvalue weighted by atomic mass is 9.89. The Kier molecular flexibility index (Phi) is 3.89. The Morgan fingerprint density at radius 2 is 1.71 bits per heavy atom. The lowest BCUT2D eigenvalue weighted by Gasteiger charge is -2.27. The molecule has 0 bridgehead atoms. The van der Waals surface area contributed by atoms with E-state index in [-0.39, 0.29) is 11.3 Å². The van der Waals surface area contributed by atoms with Crippen molar-refractivity contribution >= 4 is 23.2 Å². The summed E-state index contributed by atoms with van der Waals surface area (Å²) in [7, 11) is 0. The first-order chi connectivity index (χ1) is 11.4. The van der Waals surface area contributed by atoms with Gasteiger partial charge in [-0.25, -0.2) is 4.39 Å². The third-order valence-corrected chi connectivity index (χ3v) is 4.10. The molecule has 1 heterocycles. The van der Waals surface area contributed by atoms with Gasteiger partial charge in [0.05, 0.1) is 6.04 Å². The highest BCUT2D eigenvalue weighted by Crippen LogP contribution is 2.41. The number of amides is 1. The van der Waals surface area contributed by atoms with E-state index < -0.39 is 35.3 Å². The molecular formula is C18H14FNO4. The lowest BCUT2D eigenvalue weighted by Crippen LogP contribution is -2.30. The molecule has 0 aromatic heterocycles. The van der Waals surface area contributed by atoms with Crippen LogP contribution < -0.4 is 4.90 Å². The van der Waals surface area contributed by atoms with Crippen molar-refractivity contribution in [1.82, 2.24) is 0 Å². The molecule has 1 saturated heterocycles. The maximum absolute atomic E-state index is 14.3. The summed E-state index contributed by atoms with van der Waals surface area (Å²) >= 11 is 0. The van der Waals surface area contributed by atoms with Gasteiger partial charge in [0.25, 0.3) is 5.91 Å². The van der Waals surface area contributed by atoms with Gasteiger partial charge in [-0.15, -0.1) is 0 Å². The average Bonchev–Trinajstić information content (AvgIpc) is 2.81. The van der Waals surface area contributed by atoms with Crippen molar-refractivity contribution in [2.24, 2.45) is 5.92 Å². The van der Waals surface area contributed by atoms with Crippen LogP contribution in [0.3, 0.4) is 0 Å². The predicted molar refractivity (Wildman–Crippen MR) is 83.9 cm³/mol. The zero-order valence-corrected chi connectivity index (χ0v) is 12.8. The normalized spacial score (nSPS) is 20.5. The van der Waals surface area contributed by atoms with E-state index in [1.54, 1.807) is 6.07 Å². The molecule has 5 nitrogen and oxygen atoms in total. The van der Waals surface area contributed by atoms with Gasteiger partial charge >= 0.3 is 0 Å². The fourth-order valence-corrected chi connectivity index (χ4v) is 3.00. The predicted octanol–water partition coefficient (Wildman–Crippen LogP) is 2.39. The van der Waals surface area contributed by atoms with E-state index in [0.717, 1.165) is 4.90 Å². The first kappa shape index (κ1) is 15.9. The number of benzene rings is 2. The zero-order valence-electron chi connectivity index (χ0n) is 12.8. The van der Waals surface area contributed by atoms with Gasteiger partial charge in [0.15, 0.2) is 0 Å². The Morgan fingerprint density at radius 3 is 2.29 bits per heavy atom. The molecule has 0 aliphatic carbocycles. The highest BCUT2D eigenvalue weighted by molar-refractivity contribution is 6.48. The van der Waals surface area contributed by atoms with Crippen molar-refractivity contribution in [3.05, 3.63) is 59.9 Å². The number of aromatic hydroxyl groups is 1. The molecule has 0 radical (unpaired) electrons. The SMILES string of the molecule is CC(=O)C1C(=O)C(=O)N(c2ccc(O)cc2)C1c1ccccc1F. The van der Waals surface area contributed by atoms with Crippen LogP contribution in [0, 0.1) is 11.7 Å². The number of Topliss-reactive ketones (excluding diaryl/α,β-unsaturated/α-hetero) is 2. The number of hydrogen-bond donors (Lipinski definition) is 1. The number of carbonyl (C=O) groups excluding carboxylic acids is 3. The van der Waals surface area contributed by atoms with E-state index in [1.165, 1.54) is 49.4 Å². The highest BCUT2D eigenvalue weighted by Gasteiger charge is 2.51. The summed E-state index contributed by atoms with van der Waals surface area (Å²) in [4.78, 5) is 37.8. The van der Waals surface area contributed by atoms with Crippen LogP contribution >= 0.6 is 0 Å². The van der Waals surface area contributed by atoms with Crippen molar-refractivity contribution in [2.75, 3.05) is 4.90 Å². The smallest absolute Gasteiger partial charge is 0.295 e. The molecule has 2 atom stereocenters. The van der Waals surface area contributed by atoms with Gasteiger partial charge in [0.2, 0.25) is 5.78 Å². The molecule has 6 heteroatoms. The zero-order chi connectivity index (χ0) is 17.4. The van der Waals surface area contributed by atoms with Crippen LogP contribution in [0.1, 0.15) is 18.5 Å². The standard InChI is InChI=1S/C18H14FNO4/c1-10(21)15-16(13-4-2-3-5-14(13)19)20(18(24)17(15)23)11-6-8-12(22)9-7-11/h2-9,15-16,22H,1H3. The minimum Gasteiger partial charge on any atom is -0.508 e. The Morgan fingerprint density at radius 1 is 1.08 bits per heavy atom. The summed E-state index contributed by atoms with van der Waals surface area (Å²) < 4.78 is 14.3. The van der Waals surface area contributed by atoms with E-state index >= 15 is 0 Å². The van der Waals surface area contributed by atoms with E-state index in [9.17, 15) is 23.9 Å². The molecule has 2 unspecified atom stereocenters. The van der Waals surface area contributed by atoms with Crippen molar-refractivity contribution in [3.63, 3.8) is 0 Å². The molecule has 122 valence electrons. The molecule has 1 aliphatic heterocycles. The summed E-state index contributed by atoms with van der Waals surface area (Å²) in [6.07, 6.45) is 0. The molecule has 2 aromatic rings. The number of ketones is 2. The van der Waals surface area contributed by atoms with Crippen molar-refractivity contribution in [1.29, 1.82) is 0 Å². The third kappa shape index (κ3) is 2.46. The molecule has 1 aliphatic rings. The second-order valence-corrected chi connectivity index (χ2v) is 5.61. The van der Waals surface area contributed by atoms with Crippen molar-refractivity contribution in [2.45, 2.75) is 13.0 Å². The number of phenols is 1. The maximum atomic E-state index is 14.3. The Bertz CT molecular complexity index is 831. The molecule has 0 spiro atoms. The largest absolute Gasteiger partial charge is 0.508 e. The van der Waals surface area contributed by atoms with Crippen LogP contribution in [0.15, 0.2) is 48.5 Å². The minimum atomic E-state index is -1.26. The van der Waals surface area contributed by atoms with Gasteiger partial charge in [-0.2, -0.15) is 0 Å². The number of halogens is 1. The van der Waals surface area contributed by atoms with Crippen LogP contribution in [0.5, 0.6) is 5.75 Å². The molecule has 0 saturated carbocycles. The molecule has 3 rings (SSSR count). The molecule has 1 amide bonds. The monoisotopic (exact) mass is 327 g/mol. The average molecular weight is 327 g/mol. The van der Waals surface area contributed by atoms with E-state index in [0.29, 0.717) is 5.69 Å². The molecular weight excluding hydrogens is 313 g/mol. The number of nitrogens with zero attached hydrogens (tertiary/aromatic N) is 1. The quantitative estimate of drug-likeness (QED) is 0.694. The summed E-state index contributed by atoms with van der Waals surface area (Å²) in [6.45, 7) is 1.21. The summed E-state index contributed by atoms with van der Waals surface area (Å²) in [6, 6.07) is 10.3. The maximum Gasteiger partial charge on any atom is 0.295 e. The number of rotatable bonds is 3. The lowest BCUT2D eigenvalue weighted by molar-refractivity contribution is -0.138. The number of phenolic OH excluding ortho intramolecular Hbond substituents is 1. The van der Waals surface area contributed by atoms with Gasteiger partial charge in [0, 0.05) is 11.3 Å². The van der Waals surface area contributed by atoms with Crippen molar-refractivity contribution < 1.29 is 23.9 Å². The Labute approximate surface area is 137 Å². The van der Waals surface area contributed by atoms with E-state index in [4.69, 9.17) is 0 Å². The Hall–Kier alpha value is -3.02. The van der Waals surface area contributed by atoms with Gasteiger partial charge in [-0.3, -0.25) is 19.3 Å². The van der Waals surface area contributed by atoms with E-state index in [2.05, 4.69) is 0 Å². The molecule has 1 fully saturated rings. The van der Waals surface area contributed by atoms with Gasteiger partial charge < -0.3 is 5.11 Å². The number of hydrogen-bond acceptors (Lipinski definition) is 4. The molecule has 24 heavy (non-hydrogen) atoms. The van der Waals surface area contributed by atoms with Crippen LogP contribution in [0.2, 0.25) is 0 Å². The minimum absolute atomic E-state index is 0.0118. The first-order valence-corrected chi connectivity index (χ1v) is 7.33. The summed E-state index contributed by atoms with van der Waals surface area (Å²) in [5, 5.41) is 9.40. The van der Waals surface area contributed by atoms with Crippen LogP contribution in [-0.2, 0) is 14.4 Å². The van der Waals surface area contributed by atoms with Crippen molar-refractivity contribution in [3.8, 4) is 5.75 Å². The van der Waals surface area contributed by atoms with Gasteiger partial charge in [0.1, 0.15) is 23.3 Å². The second-order valence-electron chi connectivity index (χ2n) is 5.61. The first-order valence-electron chi connectivity index (χ1n) is 7.33. The van der Waals surface area contributed by atoms with Crippen LogP contribution in [0.4, 0.5) is 10.1 Å². The number of anilines is 1. The molecule has 1 N–H and O–H groups in total. The second kappa shape index (κ2) is 5.88. The van der Waals surface area contributed by atoms with Gasteiger partial charge in [-0.1, -0.05) is 18.2 Å².